The molecule has 0 N–H and O–H groups in total. The molecule has 96 valence electrons. The molecule has 4 heteroatoms. The predicted octanol–water partition coefficient (Wildman–Crippen LogP) is 1.12. The maximum Gasteiger partial charge on any atom is 0.253 e. The highest BCUT2D eigenvalue weighted by Gasteiger charge is 2.23. The van der Waals surface area contributed by atoms with Gasteiger partial charge in [-0.2, -0.15) is 0 Å². The lowest BCUT2D eigenvalue weighted by Crippen LogP contribution is -2.50. The van der Waals surface area contributed by atoms with Gasteiger partial charge in [-0.3, -0.25) is 9.59 Å². The zero-order valence-electron chi connectivity index (χ0n) is 10.6. The zero-order valence-corrected chi connectivity index (χ0v) is 10.6. The largest absolute Gasteiger partial charge is 0.339 e. The SMILES string of the molecule is CC(=O)N1CCN(C(=O)C2=CC=CCC=C2)CC1. The first-order valence-corrected chi connectivity index (χ1v) is 6.26. The third-order valence-corrected chi connectivity index (χ3v) is 3.24. The molecule has 0 bridgehead atoms. The van der Waals surface area contributed by atoms with Crippen molar-refractivity contribution in [3.05, 3.63) is 36.0 Å². The maximum absolute atomic E-state index is 12.3. The number of carbonyl (C=O) groups is 2. The monoisotopic (exact) mass is 246 g/mol. The Morgan fingerprint density at radius 2 is 1.72 bits per heavy atom. The maximum atomic E-state index is 12.3. The first-order valence-electron chi connectivity index (χ1n) is 6.26. The highest BCUT2D eigenvalue weighted by molar-refractivity contribution is 5.96. The summed E-state index contributed by atoms with van der Waals surface area (Å²) in [6.45, 7) is 4.07. The van der Waals surface area contributed by atoms with Crippen molar-refractivity contribution in [3.8, 4) is 0 Å². The van der Waals surface area contributed by atoms with Crippen molar-refractivity contribution in [3.63, 3.8) is 0 Å². The van der Waals surface area contributed by atoms with Crippen LogP contribution in [-0.4, -0.2) is 47.8 Å². The molecule has 1 heterocycles. The Bertz CT molecular complexity index is 427. The van der Waals surface area contributed by atoms with Crippen molar-refractivity contribution < 1.29 is 9.59 Å². The summed E-state index contributed by atoms with van der Waals surface area (Å²) in [7, 11) is 0. The minimum absolute atomic E-state index is 0.0565. The van der Waals surface area contributed by atoms with Crippen LogP contribution in [0.2, 0.25) is 0 Å². The van der Waals surface area contributed by atoms with Crippen LogP contribution in [0.25, 0.3) is 0 Å². The van der Waals surface area contributed by atoms with Crippen molar-refractivity contribution in [2.24, 2.45) is 0 Å². The van der Waals surface area contributed by atoms with Gasteiger partial charge in [0.1, 0.15) is 0 Å². The summed E-state index contributed by atoms with van der Waals surface area (Å²) in [6.07, 6.45) is 10.5. The van der Waals surface area contributed by atoms with Crippen LogP contribution < -0.4 is 0 Å². The highest BCUT2D eigenvalue weighted by atomic mass is 16.2. The highest BCUT2D eigenvalue weighted by Crippen LogP contribution is 2.11. The van der Waals surface area contributed by atoms with E-state index in [0.29, 0.717) is 26.2 Å². The van der Waals surface area contributed by atoms with Crippen LogP contribution in [0, 0.1) is 0 Å². The van der Waals surface area contributed by atoms with Gasteiger partial charge in [0.25, 0.3) is 5.91 Å². The van der Waals surface area contributed by atoms with Crippen LogP contribution in [0.5, 0.6) is 0 Å². The van der Waals surface area contributed by atoms with E-state index < -0.39 is 0 Å². The summed E-state index contributed by atoms with van der Waals surface area (Å²) < 4.78 is 0. The number of amides is 2. The zero-order chi connectivity index (χ0) is 13.0. The molecule has 1 aliphatic heterocycles. The fraction of sp³-hybridized carbons (Fsp3) is 0.429. The number of hydrogen-bond donors (Lipinski definition) is 0. The molecule has 0 aromatic rings. The topological polar surface area (TPSA) is 40.6 Å². The summed E-state index contributed by atoms with van der Waals surface area (Å²) in [5.74, 6) is 0.139. The molecule has 1 fully saturated rings. The van der Waals surface area contributed by atoms with Crippen molar-refractivity contribution >= 4 is 11.8 Å². The van der Waals surface area contributed by atoms with Gasteiger partial charge in [0, 0.05) is 38.7 Å². The molecule has 18 heavy (non-hydrogen) atoms. The van der Waals surface area contributed by atoms with E-state index in [-0.39, 0.29) is 11.8 Å². The average molecular weight is 246 g/mol. The molecule has 0 atom stereocenters. The lowest BCUT2D eigenvalue weighted by Gasteiger charge is -2.34. The summed E-state index contributed by atoms with van der Waals surface area (Å²) >= 11 is 0. The molecule has 2 aliphatic rings. The second-order valence-electron chi connectivity index (χ2n) is 4.49. The first kappa shape index (κ1) is 12.6. The lowest BCUT2D eigenvalue weighted by molar-refractivity contribution is -0.136. The number of allylic oxidation sites excluding steroid dienone is 4. The van der Waals surface area contributed by atoms with Gasteiger partial charge in [-0.15, -0.1) is 0 Å². The second-order valence-corrected chi connectivity index (χ2v) is 4.49. The molecule has 1 saturated heterocycles. The molecule has 0 spiro atoms. The molecular formula is C14H18N2O2. The molecule has 4 nitrogen and oxygen atoms in total. The van der Waals surface area contributed by atoms with Crippen LogP contribution in [0.4, 0.5) is 0 Å². The van der Waals surface area contributed by atoms with Gasteiger partial charge in [0.15, 0.2) is 0 Å². The fourth-order valence-electron chi connectivity index (χ4n) is 2.13. The Morgan fingerprint density at radius 1 is 1.06 bits per heavy atom. The normalized spacial score (nSPS) is 19.5. The summed E-state index contributed by atoms with van der Waals surface area (Å²) in [5.41, 5.74) is 0.722. The van der Waals surface area contributed by atoms with Crippen molar-refractivity contribution in [2.45, 2.75) is 13.3 Å². The molecule has 0 aromatic heterocycles. The van der Waals surface area contributed by atoms with E-state index in [4.69, 9.17) is 0 Å². The molecule has 2 rings (SSSR count). The van der Waals surface area contributed by atoms with E-state index >= 15 is 0 Å². The third kappa shape index (κ3) is 2.88. The van der Waals surface area contributed by atoms with Gasteiger partial charge in [-0.05, 0) is 12.5 Å². The van der Waals surface area contributed by atoms with Crippen molar-refractivity contribution in [2.75, 3.05) is 26.2 Å². The van der Waals surface area contributed by atoms with Crippen molar-refractivity contribution in [1.29, 1.82) is 0 Å². The number of nitrogens with zero attached hydrogens (tertiary/aromatic N) is 2. The van der Waals surface area contributed by atoms with Gasteiger partial charge in [0.2, 0.25) is 5.91 Å². The Kier molecular flexibility index (Phi) is 3.97. The Labute approximate surface area is 107 Å². The van der Waals surface area contributed by atoms with E-state index in [1.165, 1.54) is 0 Å². The Morgan fingerprint density at radius 3 is 2.39 bits per heavy atom. The van der Waals surface area contributed by atoms with Crippen LogP contribution in [0.3, 0.4) is 0 Å². The standard InChI is InChI=1S/C14H18N2O2/c1-12(17)15-8-10-16(11-9-15)14(18)13-6-4-2-3-5-7-13/h2,4-7H,3,8-11H2,1H3. The fourth-order valence-corrected chi connectivity index (χ4v) is 2.13. The van der Waals surface area contributed by atoms with Crippen LogP contribution in [0.15, 0.2) is 36.0 Å². The Balaban J connectivity index is 1.97. The molecule has 0 saturated carbocycles. The van der Waals surface area contributed by atoms with E-state index in [9.17, 15) is 9.59 Å². The number of hydrogen-bond acceptors (Lipinski definition) is 2. The smallest absolute Gasteiger partial charge is 0.253 e. The van der Waals surface area contributed by atoms with Gasteiger partial charge in [0.05, 0.1) is 0 Å². The average Bonchev–Trinajstić information content (AvgIpc) is 2.67. The molecule has 0 radical (unpaired) electrons. The molecular weight excluding hydrogens is 228 g/mol. The summed E-state index contributed by atoms with van der Waals surface area (Å²) in [4.78, 5) is 27.1. The van der Waals surface area contributed by atoms with Crippen LogP contribution in [0.1, 0.15) is 13.3 Å². The third-order valence-electron chi connectivity index (χ3n) is 3.24. The minimum Gasteiger partial charge on any atom is -0.339 e. The van der Waals surface area contributed by atoms with Gasteiger partial charge < -0.3 is 9.80 Å². The number of carbonyl (C=O) groups excluding carboxylic acids is 2. The first-order chi connectivity index (χ1) is 8.68. The van der Waals surface area contributed by atoms with Crippen LogP contribution in [-0.2, 0) is 9.59 Å². The summed E-state index contributed by atoms with van der Waals surface area (Å²) in [6, 6.07) is 0. The quantitative estimate of drug-likeness (QED) is 0.695. The van der Waals surface area contributed by atoms with Gasteiger partial charge in [-0.1, -0.05) is 24.3 Å². The predicted molar refractivity (Wildman–Crippen MR) is 69.8 cm³/mol. The molecule has 0 aromatic carbocycles. The van der Waals surface area contributed by atoms with Gasteiger partial charge in [-0.25, -0.2) is 0 Å². The van der Waals surface area contributed by atoms with Crippen molar-refractivity contribution in [1.82, 2.24) is 9.80 Å². The minimum atomic E-state index is 0.0565. The second kappa shape index (κ2) is 5.67. The van der Waals surface area contributed by atoms with E-state index in [2.05, 4.69) is 0 Å². The van der Waals surface area contributed by atoms with E-state index in [1.807, 2.05) is 35.3 Å². The molecule has 1 aliphatic carbocycles. The van der Waals surface area contributed by atoms with E-state index in [1.54, 1.807) is 11.8 Å². The van der Waals surface area contributed by atoms with Gasteiger partial charge >= 0.3 is 0 Å². The summed E-state index contributed by atoms with van der Waals surface area (Å²) in [5, 5.41) is 0. The molecule has 0 unspecified atom stereocenters. The van der Waals surface area contributed by atoms with Crippen LogP contribution >= 0.6 is 0 Å². The lowest BCUT2D eigenvalue weighted by atomic mass is 10.2. The number of rotatable bonds is 1. The Hall–Kier alpha value is -1.84. The molecule has 2 amide bonds. The van der Waals surface area contributed by atoms with E-state index in [0.717, 1.165) is 12.0 Å². The number of piperazine rings is 1.